The minimum absolute atomic E-state index is 0. The number of pyridine rings is 1. The maximum Gasteiger partial charge on any atom is 0.311 e. The number of thiazole rings is 1. The van der Waals surface area contributed by atoms with Gasteiger partial charge in [-0.15, -0.1) is 19.0 Å². The minimum atomic E-state index is -0.555. The zero-order chi connectivity index (χ0) is 20.8. The van der Waals surface area contributed by atoms with Crippen molar-refractivity contribution < 1.29 is 4.79 Å². The molecule has 9 heteroatoms. The first-order valence-electron chi connectivity index (χ1n) is 10.2. The summed E-state index contributed by atoms with van der Waals surface area (Å²) in [6, 6.07) is 1.87. The van der Waals surface area contributed by atoms with Crippen molar-refractivity contribution in [3.05, 3.63) is 39.1 Å². The normalized spacial score (nSPS) is 16.5. The van der Waals surface area contributed by atoms with Crippen LogP contribution in [-0.2, 0) is 4.79 Å². The number of aldehydes is 1. The first kappa shape index (κ1) is 25.2. The Bertz CT molecular complexity index is 895. The first-order chi connectivity index (χ1) is 14.0. The highest BCUT2D eigenvalue weighted by atomic mass is 79.9. The smallest absolute Gasteiger partial charge is 0.303 e. The number of unbranched alkanes of at least 4 members (excludes halogenated alkanes) is 1. The van der Waals surface area contributed by atoms with Crippen molar-refractivity contribution >= 4 is 56.3 Å². The van der Waals surface area contributed by atoms with E-state index >= 15 is 0 Å². The van der Waals surface area contributed by atoms with E-state index in [1.807, 2.05) is 12.1 Å². The van der Waals surface area contributed by atoms with E-state index in [2.05, 4.69) is 44.3 Å². The van der Waals surface area contributed by atoms with E-state index in [-0.39, 0.29) is 17.3 Å². The highest BCUT2D eigenvalue weighted by Crippen LogP contribution is 2.28. The lowest BCUT2D eigenvalue weighted by molar-refractivity contribution is -0.116. The Morgan fingerprint density at radius 1 is 1.40 bits per heavy atom. The number of likely N-dealkylation sites (tertiary alicyclic amines) is 1. The number of carbonyl (C=O) groups excluding carboxylic acids is 1. The lowest BCUT2D eigenvalue weighted by Gasteiger charge is -2.35. The van der Waals surface area contributed by atoms with Crippen LogP contribution in [0.5, 0.6) is 0 Å². The molecule has 2 aromatic rings. The molecule has 3 heterocycles. The molecule has 0 spiro atoms. The quantitative estimate of drug-likeness (QED) is 0.267. The molecular weight excluding hydrogens is 488 g/mol. The number of halogens is 2. The van der Waals surface area contributed by atoms with Crippen molar-refractivity contribution in [2.45, 2.75) is 38.3 Å². The second-order valence-corrected chi connectivity index (χ2v) is 9.65. The first-order valence-corrected chi connectivity index (χ1v) is 11.8. The SMILES string of the molecule is C=CCN(C)CCCCC1CCN(C(C=O)n2c(=O)sc3ncc(Br)cc32)CC1.Cl. The largest absolute Gasteiger partial charge is 0.311 e. The number of likely N-dealkylation sites (N-methyl/N-ethyl adjacent to an activating group) is 1. The van der Waals surface area contributed by atoms with Crippen LogP contribution in [0.25, 0.3) is 10.3 Å². The summed E-state index contributed by atoms with van der Waals surface area (Å²) in [5, 5.41) is 0. The Labute approximate surface area is 196 Å². The lowest BCUT2D eigenvalue weighted by Crippen LogP contribution is -2.42. The van der Waals surface area contributed by atoms with Crippen molar-refractivity contribution in [1.29, 1.82) is 0 Å². The van der Waals surface area contributed by atoms with Crippen LogP contribution >= 0.6 is 39.7 Å². The van der Waals surface area contributed by atoms with E-state index in [1.165, 1.54) is 19.3 Å². The molecule has 0 saturated carbocycles. The third-order valence-corrected chi connectivity index (χ3v) is 7.00. The van der Waals surface area contributed by atoms with E-state index in [0.717, 1.165) is 66.6 Å². The molecule has 0 aromatic carbocycles. The van der Waals surface area contributed by atoms with Crippen molar-refractivity contribution in [2.75, 3.05) is 33.2 Å². The Morgan fingerprint density at radius 2 is 2.13 bits per heavy atom. The van der Waals surface area contributed by atoms with E-state index in [9.17, 15) is 9.59 Å². The molecule has 3 rings (SSSR count). The molecular formula is C21H30BrClN4O2S. The van der Waals surface area contributed by atoms with Gasteiger partial charge in [0.05, 0.1) is 5.52 Å². The number of carbonyl (C=O) groups is 1. The van der Waals surface area contributed by atoms with Gasteiger partial charge in [-0.05, 0) is 60.8 Å². The summed E-state index contributed by atoms with van der Waals surface area (Å²) in [4.78, 5) is 33.8. The second-order valence-electron chi connectivity index (χ2n) is 7.79. The fourth-order valence-electron chi connectivity index (χ4n) is 4.09. The van der Waals surface area contributed by atoms with Gasteiger partial charge in [-0.2, -0.15) is 0 Å². The highest BCUT2D eigenvalue weighted by Gasteiger charge is 2.28. The molecule has 0 radical (unpaired) electrons. The number of piperidine rings is 1. The summed E-state index contributed by atoms with van der Waals surface area (Å²) in [6.07, 6.45) is 9.79. The molecule has 1 unspecified atom stereocenters. The van der Waals surface area contributed by atoms with Crippen LogP contribution in [0.1, 0.15) is 38.3 Å². The van der Waals surface area contributed by atoms with Gasteiger partial charge in [0, 0.05) is 30.3 Å². The van der Waals surface area contributed by atoms with E-state index < -0.39 is 6.17 Å². The predicted octanol–water partition coefficient (Wildman–Crippen LogP) is 4.34. The molecule has 0 aliphatic carbocycles. The van der Waals surface area contributed by atoms with Gasteiger partial charge in [0.1, 0.15) is 11.0 Å². The Balaban J connectivity index is 0.00000320. The third-order valence-electron chi connectivity index (χ3n) is 5.69. The molecule has 0 N–H and O–H groups in total. The molecule has 6 nitrogen and oxygen atoms in total. The van der Waals surface area contributed by atoms with Gasteiger partial charge in [-0.3, -0.25) is 19.1 Å². The van der Waals surface area contributed by atoms with Crippen molar-refractivity contribution in [2.24, 2.45) is 5.92 Å². The van der Waals surface area contributed by atoms with Crippen molar-refractivity contribution in [3.8, 4) is 0 Å². The molecule has 0 amide bonds. The summed E-state index contributed by atoms with van der Waals surface area (Å²) >= 11 is 4.51. The summed E-state index contributed by atoms with van der Waals surface area (Å²) < 4.78 is 2.40. The summed E-state index contributed by atoms with van der Waals surface area (Å²) in [5.41, 5.74) is 0.720. The standard InChI is InChI=1S/C21H29BrN4O2S.ClH/c1-3-9-24(2)10-5-4-6-16-7-11-25(12-8-16)19(15-27)26-18-13-17(22)14-23-20(18)29-21(26)28;/h3,13-16,19H,1,4-12H2,2H3;1H. The van der Waals surface area contributed by atoms with Crippen molar-refractivity contribution in [1.82, 2.24) is 19.4 Å². The Kier molecular flexibility index (Phi) is 10.2. The second kappa shape index (κ2) is 12.1. The van der Waals surface area contributed by atoms with Crippen molar-refractivity contribution in [3.63, 3.8) is 0 Å². The molecule has 1 saturated heterocycles. The van der Waals surface area contributed by atoms with Crippen LogP contribution in [0.2, 0.25) is 0 Å². The number of hydrogen-bond donors (Lipinski definition) is 0. The number of nitrogens with zero attached hydrogens (tertiary/aromatic N) is 4. The van der Waals surface area contributed by atoms with E-state index in [4.69, 9.17) is 0 Å². The summed E-state index contributed by atoms with van der Waals surface area (Å²) in [6.45, 7) is 7.51. The zero-order valence-corrected chi connectivity index (χ0v) is 20.6. The van der Waals surface area contributed by atoms with Crippen LogP contribution < -0.4 is 4.87 Å². The fraction of sp³-hybridized carbons (Fsp3) is 0.571. The average Bonchev–Trinajstić information content (AvgIpc) is 3.02. The average molecular weight is 518 g/mol. The minimum Gasteiger partial charge on any atom is -0.303 e. The van der Waals surface area contributed by atoms with Gasteiger partial charge in [-0.1, -0.05) is 30.3 Å². The highest BCUT2D eigenvalue weighted by molar-refractivity contribution is 9.10. The van der Waals surface area contributed by atoms with Gasteiger partial charge >= 0.3 is 4.87 Å². The van der Waals surface area contributed by atoms with Crippen LogP contribution in [0, 0.1) is 5.92 Å². The van der Waals surface area contributed by atoms with Crippen LogP contribution in [-0.4, -0.2) is 58.9 Å². The molecule has 0 bridgehead atoms. The molecule has 1 aliphatic heterocycles. The third kappa shape index (κ3) is 6.23. The number of rotatable bonds is 10. The molecule has 1 atom stereocenters. The molecule has 30 heavy (non-hydrogen) atoms. The molecule has 2 aromatic heterocycles. The molecule has 1 fully saturated rings. The lowest BCUT2D eigenvalue weighted by atomic mass is 9.91. The Hall–Kier alpha value is -1.06. The molecule has 166 valence electrons. The van der Waals surface area contributed by atoms with Crippen LogP contribution in [0.15, 0.2) is 34.2 Å². The van der Waals surface area contributed by atoms with Gasteiger partial charge in [0.2, 0.25) is 0 Å². The van der Waals surface area contributed by atoms with Gasteiger partial charge < -0.3 is 4.90 Å². The predicted molar refractivity (Wildman–Crippen MR) is 130 cm³/mol. The zero-order valence-electron chi connectivity index (χ0n) is 17.3. The van der Waals surface area contributed by atoms with Crippen LogP contribution in [0.3, 0.4) is 0 Å². The van der Waals surface area contributed by atoms with Gasteiger partial charge in [-0.25, -0.2) is 4.98 Å². The Morgan fingerprint density at radius 3 is 2.80 bits per heavy atom. The van der Waals surface area contributed by atoms with E-state index in [1.54, 1.807) is 10.8 Å². The number of aromatic nitrogens is 2. The van der Waals surface area contributed by atoms with Gasteiger partial charge in [0.15, 0.2) is 6.29 Å². The van der Waals surface area contributed by atoms with Gasteiger partial charge in [0.25, 0.3) is 0 Å². The maximum atomic E-state index is 12.6. The monoisotopic (exact) mass is 516 g/mol. The van der Waals surface area contributed by atoms with Crippen LogP contribution in [0.4, 0.5) is 0 Å². The summed E-state index contributed by atoms with van der Waals surface area (Å²) in [7, 11) is 2.13. The summed E-state index contributed by atoms with van der Waals surface area (Å²) in [5.74, 6) is 0.704. The van der Waals surface area contributed by atoms with E-state index in [0.29, 0.717) is 10.7 Å². The number of hydrogen-bond acceptors (Lipinski definition) is 6. The number of fused-ring (bicyclic) bond motifs is 1. The fourth-order valence-corrected chi connectivity index (χ4v) is 5.25. The topological polar surface area (TPSA) is 58.4 Å². The molecule has 1 aliphatic rings. The maximum absolute atomic E-state index is 12.6.